The van der Waals surface area contributed by atoms with Crippen LogP contribution in [0.15, 0.2) is 24.8 Å². The second-order valence-electron chi connectivity index (χ2n) is 6.26. The molecule has 2 atom stereocenters. The van der Waals surface area contributed by atoms with Crippen molar-refractivity contribution in [3.8, 4) is 0 Å². The molecule has 1 aliphatic rings. The lowest BCUT2D eigenvalue weighted by Crippen LogP contribution is -2.52. The first-order chi connectivity index (χ1) is 8.25. The quantitative estimate of drug-likeness (QED) is 0.777. The van der Waals surface area contributed by atoms with Gasteiger partial charge in [0.25, 0.3) is 0 Å². The number of nitrogens with one attached hydrogen (secondary N) is 1. The van der Waals surface area contributed by atoms with Gasteiger partial charge in [-0.2, -0.15) is 0 Å². The molecule has 1 heterocycles. The predicted octanol–water partition coefficient (Wildman–Crippen LogP) is 2.35. The largest absolute Gasteiger partial charge is 0.332 e. The predicted molar refractivity (Wildman–Crippen MR) is 76.4 cm³/mol. The van der Waals surface area contributed by atoms with Crippen molar-refractivity contribution in [2.24, 2.45) is 5.92 Å². The fourth-order valence-corrected chi connectivity index (χ4v) is 2.20. The lowest BCUT2D eigenvalue weighted by molar-refractivity contribution is -0.137. The maximum Gasteiger partial charge on any atom is 0.240 e. The molecule has 1 N–H and O–H groups in total. The van der Waals surface area contributed by atoms with Crippen molar-refractivity contribution in [2.75, 3.05) is 13.1 Å². The van der Waals surface area contributed by atoms with E-state index < -0.39 is 0 Å². The average Bonchev–Trinajstić information content (AvgIpc) is 2.69. The lowest BCUT2D eigenvalue weighted by Gasteiger charge is -2.37. The molecule has 0 bridgehead atoms. The minimum atomic E-state index is -0.198. The Kier molecular flexibility index (Phi) is 4.74. The Bertz CT molecular complexity index is 341. The summed E-state index contributed by atoms with van der Waals surface area (Å²) in [5.74, 6) is 0.748. The molecule has 3 heteroatoms. The first kappa shape index (κ1) is 15.0. The van der Waals surface area contributed by atoms with Crippen LogP contribution in [0.3, 0.4) is 0 Å². The Labute approximate surface area is 111 Å². The van der Waals surface area contributed by atoms with E-state index in [9.17, 15) is 4.79 Å². The van der Waals surface area contributed by atoms with Gasteiger partial charge < -0.3 is 10.2 Å². The highest BCUT2D eigenvalue weighted by molar-refractivity contribution is 5.83. The van der Waals surface area contributed by atoms with Crippen LogP contribution in [0, 0.1) is 5.92 Å². The van der Waals surface area contributed by atoms with Crippen molar-refractivity contribution in [2.45, 2.75) is 45.7 Å². The van der Waals surface area contributed by atoms with Gasteiger partial charge in [0.05, 0.1) is 6.04 Å². The fourth-order valence-electron chi connectivity index (χ4n) is 2.20. The van der Waals surface area contributed by atoms with Gasteiger partial charge in [-0.25, -0.2) is 0 Å². The Hall–Kier alpha value is -1.09. The number of nitrogens with zero attached hydrogens (tertiary/aromatic N) is 1. The maximum absolute atomic E-state index is 12.6. The zero-order valence-corrected chi connectivity index (χ0v) is 12.1. The fraction of sp³-hybridized carbons (Fsp3) is 0.667. The lowest BCUT2D eigenvalue weighted by atomic mass is 10.0. The molecule has 0 spiro atoms. The SMILES string of the molecule is C=CC(=C)CN(C(=O)C1CC(C)CN1)C(C)(C)C. The molecule has 0 aromatic rings. The van der Waals surface area contributed by atoms with Crippen LogP contribution in [-0.2, 0) is 4.79 Å². The zero-order valence-electron chi connectivity index (χ0n) is 12.1. The first-order valence-electron chi connectivity index (χ1n) is 6.60. The number of rotatable bonds is 4. The van der Waals surface area contributed by atoms with Crippen molar-refractivity contribution < 1.29 is 4.79 Å². The molecule has 102 valence electrons. The Balaban J connectivity index is 2.79. The summed E-state index contributed by atoms with van der Waals surface area (Å²) in [6, 6.07) is -0.0446. The summed E-state index contributed by atoms with van der Waals surface area (Å²) >= 11 is 0. The van der Waals surface area contributed by atoms with Crippen LogP contribution < -0.4 is 5.32 Å². The summed E-state index contributed by atoms with van der Waals surface area (Å²) in [5, 5.41) is 3.30. The molecule has 0 aromatic carbocycles. The molecule has 1 aliphatic heterocycles. The highest BCUT2D eigenvalue weighted by Crippen LogP contribution is 2.21. The first-order valence-corrected chi connectivity index (χ1v) is 6.60. The van der Waals surface area contributed by atoms with E-state index in [0.29, 0.717) is 12.5 Å². The molecular weight excluding hydrogens is 224 g/mol. The summed E-state index contributed by atoms with van der Waals surface area (Å²) in [7, 11) is 0. The van der Waals surface area contributed by atoms with Gasteiger partial charge in [0.2, 0.25) is 5.91 Å². The third-order valence-electron chi connectivity index (χ3n) is 3.37. The number of hydrogen-bond donors (Lipinski definition) is 1. The van der Waals surface area contributed by atoms with Crippen LogP contribution in [0.25, 0.3) is 0 Å². The highest BCUT2D eigenvalue weighted by atomic mass is 16.2. The van der Waals surface area contributed by atoms with E-state index in [-0.39, 0.29) is 17.5 Å². The average molecular weight is 250 g/mol. The smallest absolute Gasteiger partial charge is 0.240 e. The molecule has 1 rings (SSSR count). The van der Waals surface area contributed by atoms with Crippen molar-refractivity contribution >= 4 is 5.91 Å². The third-order valence-corrected chi connectivity index (χ3v) is 3.37. The molecule has 0 radical (unpaired) electrons. The van der Waals surface area contributed by atoms with E-state index in [4.69, 9.17) is 0 Å². The van der Waals surface area contributed by atoms with Crippen LogP contribution in [0.4, 0.5) is 0 Å². The van der Waals surface area contributed by atoms with Gasteiger partial charge in [-0.3, -0.25) is 4.79 Å². The van der Waals surface area contributed by atoms with E-state index in [2.05, 4.69) is 46.2 Å². The van der Waals surface area contributed by atoms with Gasteiger partial charge in [0, 0.05) is 12.1 Å². The van der Waals surface area contributed by atoms with E-state index >= 15 is 0 Å². The number of carbonyl (C=O) groups is 1. The maximum atomic E-state index is 12.6. The molecule has 0 saturated carbocycles. The van der Waals surface area contributed by atoms with Gasteiger partial charge in [-0.1, -0.05) is 26.2 Å². The third kappa shape index (κ3) is 3.70. The van der Waals surface area contributed by atoms with E-state index in [1.807, 2.05) is 4.90 Å². The molecule has 1 saturated heterocycles. The minimum Gasteiger partial charge on any atom is -0.332 e. The topological polar surface area (TPSA) is 32.3 Å². The molecule has 0 aliphatic carbocycles. The normalized spacial score (nSPS) is 23.8. The minimum absolute atomic E-state index is 0.0446. The number of hydrogen-bond acceptors (Lipinski definition) is 2. The highest BCUT2D eigenvalue weighted by Gasteiger charge is 2.34. The number of amides is 1. The van der Waals surface area contributed by atoms with Crippen LogP contribution >= 0.6 is 0 Å². The molecule has 1 amide bonds. The van der Waals surface area contributed by atoms with E-state index in [0.717, 1.165) is 18.5 Å². The zero-order chi connectivity index (χ0) is 13.9. The van der Waals surface area contributed by atoms with E-state index in [1.54, 1.807) is 6.08 Å². The van der Waals surface area contributed by atoms with Crippen molar-refractivity contribution in [1.82, 2.24) is 10.2 Å². The van der Waals surface area contributed by atoms with Gasteiger partial charge in [-0.15, -0.1) is 0 Å². The summed E-state index contributed by atoms with van der Waals surface area (Å²) in [5.41, 5.74) is 0.681. The van der Waals surface area contributed by atoms with Crippen molar-refractivity contribution in [1.29, 1.82) is 0 Å². The molecular formula is C15H26N2O. The van der Waals surface area contributed by atoms with Gasteiger partial charge >= 0.3 is 0 Å². The van der Waals surface area contributed by atoms with Crippen molar-refractivity contribution in [3.05, 3.63) is 24.8 Å². The Morgan fingerprint density at radius 3 is 2.50 bits per heavy atom. The Morgan fingerprint density at radius 2 is 2.11 bits per heavy atom. The molecule has 0 aromatic heterocycles. The van der Waals surface area contributed by atoms with Crippen molar-refractivity contribution in [3.63, 3.8) is 0 Å². The van der Waals surface area contributed by atoms with Gasteiger partial charge in [0.1, 0.15) is 0 Å². The second-order valence-corrected chi connectivity index (χ2v) is 6.26. The standard InChI is InChI=1S/C15H26N2O/c1-7-11(2)10-17(15(4,5)6)14(18)13-8-12(3)9-16-13/h7,12-13,16H,1-2,8-10H2,3-6H3. The second kappa shape index (κ2) is 5.70. The molecule has 2 unspecified atom stereocenters. The summed E-state index contributed by atoms with van der Waals surface area (Å²) in [6.45, 7) is 17.4. The number of carbonyl (C=O) groups excluding carboxylic acids is 1. The summed E-state index contributed by atoms with van der Waals surface area (Å²) in [4.78, 5) is 14.5. The van der Waals surface area contributed by atoms with Gasteiger partial charge in [0.15, 0.2) is 0 Å². The molecule has 1 fully saturated rings. The summed E-state index contributed by atoms with van der Waals surface area (Å²) < 4.78 is 0. The molecule has 18 heavy (non-hydrogen) atoms. The Morgan fingerprint density at radius 1 is 1.50 bits per heavy atom. The molecule has 3 nitrogen and oxygen atoms in total. The van der Waals surface area contributed by atoms with Crippen LogP contribution in [0.2, 0.25) is 0 Å². The monoisotopic (exact) mass is 250 g/mol. The van der Waals surface area contributed by atoms with Gasteiger partial charge in [-0.05, 0) is 45.2 Å². The summed E-state index contributed by atoms with van der Waals surface area (Å²) in [6.07, 6.45) is 2.64. The van der Waals surface area contributed by atoms with Crippen LogP contribution in [0.1, 0.15) is 34.1 Å². The van der Waals surface area contributed by atoms with Crippen LogP contribution in [-0.4, -0.2) is 35.5 Å². The van der Waals surface area contributed by atoms with Crippen LogP contribution in [0.5, 0.6) is 0 Å². The van der Waals surface area contributed by atoms with E-state index in [1.165, 1.54) is 0 Å².